The Hall–Kier alpha value is -3.27. The summed E-state index contributed by atoms with van der Waals surface area (Å²) in [5, 5.41) is 12.2. The molecule has 0 aliphatic heterocycles. The zero-order valence-corrected chi connectivity index (χ0v) is 12.5. The van der Waals surface area contributed by atoms with Crippen molar-refractivity contribution in [3.8, 4) is 5.75 Å². The summed E-state index contributed by atoms with van der Waals surface area (Å²) in [4.78, 5) is 11.8. The second-order valence-electron chi connectivity index (χ2n) is 4.75. The minimum Gasteiger partial charge on any atom is -0.507 e. The van der Waals surface area contributed by atoms with Gasteiger partial charge in [-0.2, -0.15) is 0 Å². The molecule has 0 unspecified atom stereocenters. The van der Waals surface area contributed by atoms with E-state index >= 15 is 0 Å². The number of hydrogen-bond donors (Lipinski definition) is 3. The molecule has 0 saturated carbocycles. The van der Waals surface area contributed by atoms with Crippen LogP contribution in [-0.2, 0) is 0 Å². The SMILES string of the molecule is Nc1ccccc1.O=C(Nc1ccccc1)c1ccccc1O. The van der Waals surface area contributed by atoms with Crippen LogP contribution in [0.15, 0.2) is 84.9 Å². The number of nitrogen functional groups attached to an aromatic ring is 1. The van der Waals surface area contributed by atoms with Crippen LogP contribution in [0.4, 0.5) is 11.4 Å². The lowest BCUT2D eigenvalue weighted by molar-refractivity contribution is 0.102. The molecule has 0 atom stereocenters. The number of para-hydroxylation sites is 3. The number of aromatic hydroxyl groups is 1. The number of carbonyl (C=O) groups is 1. The first-order valence-corrected chi connectivity index (χ1v) is 7.12. The number of amides is 1. The van der Waals surface area contributed by atoms with Crippen molar-refractivity contribution < 1.29 is 9.90 Å². The highest BCUT2D eigenvalue weighted by Crippen LogP contribution is 2.17. The van der Waals surface area contributed by atoms with Crippen LogP contribution in [0.5, 0.6) is 5.75 Å². The van der Waals surface area contributed by atoms with Crippen molar-refractivity contribution in [3.05, 3.63) is 90.5 Å². The lowest BCUT2D eigenvalue weighted by Crippen LogP contribution is -2.11. The van der Waals surface area contributed by atoms with Crippen molar-refractivity contribution >= 4 is 17.3 Å². The van der Waals surface area contributed by atoms with E-state index in [1.54, 1.807) is 30.3 Å². The van der Waals surface area contributed by atoms with E-state index in [0.717, 1.165) is 5.69 Å². The van der Waals surface area contributed by atoms with E-state index in [1.165, 1.54) is 6.07 Å². The van der Waals surface area contributed by atoms with Crippen LogP contribution in [0, 0.1) is 0 Å². The molecule has 3 aromatic rings. The summed E-state index contributed by atoms with van der Waals surface area (Å²) in [5.74, 6) is -0.333. The molecule has 0 aliphatic carbocycles. The highest BCUT2D eigenvalue weighted by molar-refractivity contribution is 6.06. The Kier molecular flexibility index (Phi) is 5.77. The predicted octanol–water partition coefficient (Wildman–Crippen LogP) is 3.91. The zero-order valence-electron chi connectivity index (χ0n) is 12.5. The Labute approximate surface area is 135 Å². The lowest BCUT2D eigenvalue weighted by atomic mass is 10.2. The summed E-state index contributed by atoms with van der Waals surface area (Å²) in [5.41, 5.74) is 7.15. The van der Waals surface area contributed by atoms with Gasteiger partial charge in [-0.1, -0.05) is 48.5 Å². The van der Waals surface area contributed by atoms with Gasteiger partial charge in [0.15, 0.2) is 0 Å². The highest BCUT2D eigenvalue weighted by atomic mass is 16.3. The van der Waals surface area contributed by atoms with Gasteiger partial charge in [0, 0.05) is 11.4 Å². The average Bonchev–Trinajstić information content (AvgIpc) is 2.57. The molecule has 4 heteroatoms. The summed E-state index contributed by atoms with van der Waals surface area (Å²) in [6.07, 6.45) is 0. The molecule has 0 fully saturated rings. The molecule has 4 N–H and O–H groups in total. The van der Waals surface area contributed by atoms with E-state index in [0.29, 0.717) is 5.69 Å². The molecule has 116 valence electrons. The number of nitrogens with one attached hydrogen (secondary N) is 1. The first-order valence-electron chi connectivity index (χ1n) is 7.12. The van der Waals surface area contributed by atoms with Gasteiger partial charge in [0.05, 0.1) is 5.56 Å². The maximum absolute atomic E-state index is 11.8. The second kappa shape index (κ2) is 8.24. The van der Waals surface area contributed by atoms with Crippen molar-refractivity contribution in [2.75, 3.05) is 11.1 Å². The third-order valence-electron chi connectivity index (χ3n) is 2.98. The molecule has 0 bridgehead atoms. The smallest absolute Gasteiger partial charge is 0.259 e. The molecular weight excluding hydrogens is 288 g/mol. The van der Waals surface area contributed by atoms with Gasteiger partial charge in [-0.25, -0.2) is 0 Å². The van der Waals surface area contributed by atoms with Crippen molar-refractivity contribution in [1.29, 1.82) is 0 Å². The number of carbonyl (C=O) groups excluding carboxylic acids is 1. The summed E-state index contributed by atoms with van der Waals surface area (Å²) in [6.45, 7) is 0. The fourth-order valence-electron chi connectivity index (χ4n) is 1.84. The monoisotopic (exact) mass is 306 g/mol. The average molecular weight is 306 g/mol. The quantitative estimate of drug-likeness (QED) is 0.628. The number of benzene rings is 3. The van der Waals surface area contributed by atoms with Crippen molar-refractivity contribution in [1.82, 2.24) is 0 Å². The molecule has 23 heavy (non-hydrogen) atoms. The summed E-state index contributed by atoms with van der Waals surface area (Å²) in [6, 6.07) is 25.1. The fraction of sp³-hybridized carbons (Fsp3) is 0. The van der Waals surface area contributed by atoms with Crippen LogP contribution in [-0.4, -0.2) is 11.0 Å². The predicted molar refractivity (Wildman–Crippen MR) is 93.4 cm³/mol. The normalized spacial score (nSPS) is 9.39. The van der Waals surface area contributed by atoms with Gasteiger partial charge in [0.25, 0.3) is 5.91 Å². The van der Waals surface area contributed by atoms with Crippen LogP contribution in [0.25, 0.3) is 0 Å². The molecule has 3 aromatic carbocycles. The summed E-state index contributed by atoms with van der Waals surface area (Å²) >= 11 is 0. The molecule has 4 nitrogen and oxygen atoms in total. The van der Waals surface area contributed by atoms with Crippen molar-refractivity contribution in [2.45, 2.75) is 0 Å². The first-order chi connectivity index (χ1) is 11.2. The van der Waals surface area contributed by atoms with Gasteiger partial charge in [-0.15, -0.1) is 0 Å². The Morgan fingerprint density at radius 3 is 1.83 bits per heavy atom. The van der Waals surface area contributed by atoms with Crippen LogP contribution in [0.1, 0.15) is 10.4 Å². The van der Waals surface area contributed by atoms with Gasteiger partial charge in [-0.3, -0.25) is 4.79 Å². The summed E-state index contributed by atoms with van der Waals surface area (Å²) in [7, 11) is 0. The minimum absolute atomic E-state index is 0.0177. The van der Waals surface area contributed by atoms with Gasteiger partial charge in [-0.05, 0) is 36.4 Å². The molecule has 1 amide bonds. The van der Waals surface area contributed by atoms with E-state index < -0.39 is 0 Å². The largest absolute Gasteiger partial charge is 0.507 e. The van der Waals surface area contributed by atoms with E-state index in [4.69, 9.17) is 5.73 Å². The number of phenols is 1. The van der Waals surface area contributed by atoms with Crippen LogP contribution < -0.4 is 11.1 Å². The van der Waals surface area contributed by atoms with E-state index in [1.807, 2.05) is 48.5 Å². The number of rotatable bonds is 2. The third kappa shape index (κ3) is 5.21. The highest BCUT2D eigenvalue weighted by Gasteiger charge is 2.09. The topological polar surface area (TPSA) is 75.4 Å². The molecule has 0 spiro atoms. The fourth-order valence-corrected chi connectivity index (χ4v) is 1.84. The molecule has 0 saturated heterocycles. The Bertz CT molecular complexity index is 744. The van der Waals surface area contributed by atoms with Gasteiger partial charge < -0.3 is 16.2 Å². The molecule has 0 aromatic heterocycles. The zero-order chi connectivity index (χ0) is 16.5. The van der Waals surface area contributed by atoms with E-state index in [9.17, 15) is 9.90 Å². The molecular formula is C19H18N2O2. The number of nitrogens with two attached hydrogens (primary N) is 1. The van der Waals surface area contributed by atoms with Crippen molar-refractivity contribution in [3.63, 3.8) is 0 Å². The number of phenolic OH excluding ortho intramolecular Hbond substituents is 1. The summed E-state index contributed by atoms with van der Waals surface area (Å²) < 4.78 is 0. The Morgan fingerprint density at radius 2 is 1.30 bits per heavy atom. The molecule has 0 heterocycles. The second-order valence-corrected chi connectivity index (χ2v) is 4.75. The lowest BCUT2D eigenvalue weighted by Gasteiger charge is -2.05. The van der Waals surface area contributed by atoms with Crippen LogP contribution in [0.2, 0.25) is 0 Å². The van der Waals surface area contributed by atoms with Gasteiger partial charge >= 0.3 is 0 Å². The van der Waals surface area contributed by atoms with Gasteiger partial charge in [0.1, 0.15) is 5.75 Å². The standard InChI is InChI=1S/C13H11NO2.C6H7N/c15-12-9-5-4-8-11(12)13(16)14-10-6-2-1-3-7-10;7-6-4-2-1-3-5-6/h1-9,15H,(H,14,16);1-5H,7H2. The maximum atomic E-state index is 11.8. The number of anilines is 2. The third-order valence-corrected chi connectivity index (χ3v) is 2.98. The maximum Gasteiger partial charge on any atom is 0.259 e. The van der Waals surface area contributed by atoms with Gasteiger partial charge in [0.2, 0.25) is 0 Å². The first kappa shape index (κ1) is 16.1. The van der Waals surface area contributed by atoms with Crippen molar-refractivity contribution in [2.24, 2.45) is 0 Å². The molecule has 0 aliphatic rings. The van der Waals surface area contributed by atoms with Crippen LogP contribution in [0.3, 0.4) is 0 Å². The molecule has 0 radical (unpaired) electrons. The number of hydrogen-bond acceptors (Lipinski definition) is 3. The van der Waals surface area contributed by atoms with Crippen LogP contribution >= 0.6 is 0 Å². The minimum atomic E-state index is -0.315. The van der Waals surface area contributed by atoms with E-state index in [-0.39, 0.29) is 17.2 Å². The van der Waals surface area contributed by atoms with E-state index in [2.05, 4.69) is 5.32 Å². The Balaban J connectivity index is 0.000000229. The Morgan fingerprint density at radius 1 is 0.783 bits per heavy atom. The molecule has 3 rings (SSSR count).